The topological polar surface area (TPSA) is 82.7 Å². The summed E-state index contributed by atoms with van der Waals surface area (Å²) in [7, 11) is 0. The zero-order valence-electron chi connectivity index (χ0n) is 14.6. The second kappa shape index (κ2) is 7.55. The van der Waals surface area contributed by atoms with Crippen LogP contribution < -0.4 is 16.0 Å². The van der Waals surface area contributed by atoms with Gasteiger partial charge in [0.15, 0.2) is 6.29 Å². The molecule has 0 unspecified atom stereocenters. The standard InChI is InChI=1S/C17H22F2N4O3/c1-9-7-12(14(19)8-13(9)18)10(2)20-15-21-16(24)23(17(25)22-15)11-3-5-26-6-4-11/h7-8,10-11,15,20H,3-6H2,1-2H3,(H,21,24)(H,22,25)/t10-/m1/s1. The molecule has 0 spiro atoms. The fourth-order valence-electron chi connectivity index (χ4n) is 3.22. The first-order valence-electron chi connectivity index (χ1n) is 8.56. The van der Waals surface area contributed by atoms with Gasteiger partial charge in [-0.1, -0.05) is 0 Å². The van der Waals surface area contributed by atoms with Gasteiger partial charge in [0.25, 0.3) is 0 Å². The number of nitrogens with one attached hydrogen (secondary N) is 3. The van der Waals surface area contributed by atoms with Crippen LogP contribution in [-0.2, 0) is 4.74 Å². The van der Waals surface area contributed by atoms with Crippen LogP contribution in [0.15, 0.2) is 12.1 Å². The highest BCUT2D eigenvalue weighted by atomic mass is 19.1. The van der Waals surface area contributed by atoms with Crippen molar-refractivity contribution < 1.29 is 23.1 Å². The summed E-state index contributed by atoms with van der Waals surface area (Å²) < 4.78 is 32.7. The van der Waals surface area contributed by atoms with E-state index in [1.54, 1.807) is 13.8 Å². The van der Waals surface area contributed by atoms with Gasteiger partial charge in [0.1, 0.15) is 11.6 Å². The summed E-state index contributed by atoms with van der Waals surface area (Å²) in [4.78, 5) is 25.9. The van der Waals surface area contributed by atoms with E-state index in [0.29, 0.717) is 31.6 Å². The predicted octanol–water partition coefficient (Wildman–Crippen LogP) is 2.12. The molecule has 9 heteroatoms. The summed E-state index contributed by atoms with van der Waals surface area (Å²) in [5, 5.41) is 8.22. The van der Waals surface area contributed by atoms with Gasteiger partial charge in [0.05, 0.1) is 0 Å². The number of amides is 4. The van der Waals surface area contributed by atoms with Crippen molar-refractivity contribution in [3.63, 3.8) is 0 Å². The van der Waals surface area contributed by atoms with E-state index in [2.05, 4.69) is 16.0 Å². The Kier molecular flexibility index (Phi) is 5.38. The molecular formula is C17H22F2N4O3. The predicted molar refractivity (Wildman–Crippen MR) is 89.2 cm³/mol. The third-order valence-electron chi connectivity index (χ3n) is 4.69. The lowest BCUT2D eigenvalue weighted by molar-refractivity contribution is 0.0492. The molecule has 0 bridgehead atoms. The number of hydrogen-bond acceptors (Lipinski definition) is 4. The van der Waals surface area contributed by atoms with Gasteiger partial charge in [-0.15, -0.1) is 0 Å². The van der Waals surface area contributed by atoms with E-state index in [-0.39, 0.29) is 11.6 Å². The highest BCUT2D eigenvalue weighted by molar-refractivity contribution is 5.96. The van der Waals surface area contributed by atoms with Crippen LogP contribution in [0.3, 0.4) is 0 Å². The minimum atomic E-state index is -0.856. The molecule has 2 aliphatic rings. The zero-order valence-corrected chi connectivity index (χ0v) is 14.6. The van der Waals surface area contributed by atoms with E-state index in [9.17, 15) is 18.4 Å². The minimum Gasteiger partial charge on any atom is -0.381 e. The summed E-state index contributed by atoms with van der Waals surface area (Å²) in [6.45, 7) is 4.22. The second-order valence-electron chi connectivity index (χ2n) is 6.56. The number of carbonyl (C=O) groups excluding carboxylic acids is 2. The number of urea groups is 2. The van der Waals surface area contributed by atoms with Gasteiger partial charge in [-0.05, 0) is 38.3 Å². The normalized spacial score (nSPS) is 20.7. The number of ether oxygens (including phenoxy) is 1. The second-order valence-corrected chi connectivity index (χ2v) is 6.56. The van der Waals surface area contributed by atoms with Gasteiger partial charge in [0, 0.05) is 36.9 Å². The number of benzene rings is 1. The molecule has 0 radical (unpaired) electrons. The monoisotopic (exact) mass is 368 g/mol. The third kappa shape index (κ3) is 3.78. The Balaban J connectivity index is 1.66. The van der Waals surface area contributed by atoms with Gasteiger partial charge in [0.2, 0.25) is 0 Å². The summed E-state index contributed by atoms with van der Waals surface area (Å²) in [6.07, 6.45) is 0.330. The molecule has 7 nitrogen and oxygen atoms in total. The molecule has 4 amide bonds. The van der Waals surface area contributed by atoms with Crippen molar-refractivity contribution >= 4 is 12.1 Å². The van der Waals surface area contributed by atoms with Gasteiger partial charge in [-0.2, -0.15) is 0 Å². The quantitative estimate of drug-likeness (QED) is 0.760. The smallest absolute Gasteiger partial charge is 0.328 e. The Morgan fingerprint density at radius 2 is 1.77 bits per heavy atom. The molecule has 3 rings (SSSR count). The average molecular weight is 368 g/mol. The highest BCUT2D eigenvalue weighted by Gasteiger charge is 2.37. The third-order valence-corrected chi connectivity index (χ3v) is 4.69. The maximum absolute atomic E-state index is 14.0. The maximum Gasteiger partial charge on any atom is 0.328 e. The van der Waals surface area contributed by atoms with Crippen LogP contribution in [0.5, 0.6) is 0 Å². The van der Waals surface area contributed by atoms with E-state index in [0.717, 1.165) is 11.0 Å². The van der Waals surface area contributed by atoms with E-state index in [1.165, 1.54) is 6.07 Å². The molecule has 142 valence electrons. The number of rotatable bonds is 4. The number of imide groups is 1. The summed E-state index contributed by atoms with van der Waals surface area (Å²) >= 11 is 0. The van der Waals surface area contributed by atoms with Crippen LogP contribution in [0, 0.1) is 18.6 Å². The van der Waals surface area contributed by atoms with Crippen molar-refractivity contribution in [1.82, 2.24) is 20.9 Å². The Labute approximate surface area is 150 Å². The van der Waals surface area contributed by atoms with Crippen molar-refractivity contribution in [2.75, 3.05) is 13.2 Å². The van der Waals surface area contributed by atoms with Gasteiger partial charge < -0.3 is 15.4 Å². The summed E-state index contributed by atoms with van der Waals surface area (Å²) in [5.41, 5.74) is 0.566. The minimum absolute atomic E-state index is 0.209. The average Bonchev–Trinajstić information content (AvgIpc) is 2.58. The van der Waals surface area contributed by atoms with Gasteiger partial charge in [-0.25, -0.2) is 23.3 Å². The lowest BCUT2D eigenvalue weighted by Gasteiger charge is -2.39. The van der Waals surface area contributed by atoms with Crippen molar-refractivity contribution in [1.29, 1.82) is 0 Å². The lowest BCUT2D eigenvalue weighted by Crippen LogP contribution is -2.70. The van der Waals surface area contributed by atoms with E-state index < -0.39 is 36.0 Å². The van der Waals surface area contributed by atoms with E-state index in [4.69, 9.17) is 4.74 Å². The number of nitrogens with zero attached hydrogens (tertiary/aromatic N) is 1. The van der Waals surface area contributed by atoms with Crippen LogP contribution in [0.4, 0.5) is 18.4 Å². The molecule has 0 saturated carbocycles. The number of aryl methyl sites for hydroxylation is 1. The van der Waals surface area contributed by atoms with Crippen molar-refractivity contribution in [3.8, 4) is 0 Å². The Bertz CT molecular complexity index is 691. The first kappa shape index (κ1) is 18.5. The lowest BCUT2D eigenvalue weighted by atomic mass is 10.0. The Morgan fingerprint density at radius 1 is 1.15 bits per heavy atom. The van der Waals surface area contributed by atoms with Crippen molar-refractivity contribution in [2.24, 2.45) is 0 Å². The van der Waals surface area contributed by atoms with Gasteiger partial charge >= 0.3 is 12.1 Å². The number of carbonyl (C=O) groups is 2. The largest absolute Gasteiger partial charge is 0.381 e. The Morgan fingerprint density at radius 3 is 2.38 bits per heavy atom. The molecule has 0 aliphatic carbocycles. The number of hydrogen-bond donors (Lipinski definition) is 3. The van der Waals surface area contributed by atoms with Crippen LogP contribution in [0.1, 0.15) is 36.9 Å². The molecule has 2 fully saturated rings. The molecule has 1 atom stereocenters. The zero-order chi connectivity index (χ0) is 18.8. The molecule has 1 aromatic carbocycles. The highest BCUT2D eigenvalue weighted by Crippen LogP contribution is 2.21. The Hall–Kier alpha value is -2.26. The molecule has 26 heavy (non-hydrogen) atoms. The van der Waals surface area contributed by atoms with E-state index >= 15 is 0 Å². The van der Waals surface area contributed by atoms with Crippen molar-refractivity contribution in [3.05, 3.63) is 34.9 Å². The molecule has 1 aromatic rings. The van der Waals surface area contributed by atoms with Crippen LogP contribution >= 0.6 is 0 Å². The summed E-state index contributed by atoms with van der Waals surface area (Å²) in [6, 6.07) is 0.438. The molecule has 2 aliphatic heterocycles. The van der Waals surface area contributed by atoms with Crippen LogP contribution in [0.2, 0.25) is 0 Å². The first-order chi connectivity index (χ1) is 12.4. The van der Waals surface area contributed by atoms with Crippen LogP contribution in [-0.4, -0.2) is 42.5 Å². The summed E-state index contributed by atoms with van der Waals surface area (Å²) in [5.74, 6) is -1.31. The van der Waals surface area contributed by atoms with Crippen LogP contribution in [0.25, 0.3) is 0 Å². The SMILES string of the molecule is Cc1cc([C@@H](C)NC2NC(=O)N(C3CCOCC3)C(=O)N2)c(F)cc1F. The van der Waals surface area contributed by atoms with E-state index in [1.807, 2.05) is 0 Å². The molecule has 2 heterocycles. The first-order valence-corrected chi connectivity index (χ1v) is 8.56. The molecule has 3 N–H and O–H groups in total. The van der Waals surface area contributed by atoms with Crippen molar-refractivity contribution in [2.45, 2.75) is 45.1 Å². The fourth-order valence-corrected chi connectivity index (χ4v) is 3.22. The number of halogens is 2. The van der Waals surface area contributed by atoms with Gasteiger partial charge in [-0.3, -0.25) is 5.32 Å². The molecule has 0 aromatic heterocycles. The molecule has 2 saturated heterocycles. The fraction of sp³-hybridized carbons (Fsp3) is 0.529. The molecular weight excluding hydrogens is 346 g/mol. The maximum atomic E-state index is 14.0.